The van der Waals surface area contributed by atoms with E-state index in [2.05, 4.69) is 80.7 Å². The normalized spacial score (nSPS) is 13.0. The Hall–Kier alpha value is -3.73. The van der Waals surface area contributed by atoms with Crippen molar-refractivity contribution in [1.82, 2.24) is 15.2 Å². The first-order chi connectivity index (χ1) is 14.9. The van der Waals surface area contributed by atoms with E-state index in [-0.39, 0.29) is 0 Å². The van der Waals surface area contributed by atoms with E-state index >= 15 is 0 Å². The summed E-state index contributed by atoms with van der Waals surface area (Å²) < 4.78 is 0. The Morgan fingerprint density at radius 2 is 1.50 bits per heavy atom. The summed E-state index contributed by atoms with van der Waals surface area (Å²) in [5.41, 5.74) is 5.04. The summed E-state index contributed by atoms with van der Waals surface area (Å²) in [6.45, 7) is 2.42. The zero-order chi connectivity index (χ0) is 20.2. The Kier molecular flexibility index (Phi) is 5.08. The molecule has 148 valence electrons. The average molecular weight is 393 g/mol. The fourth-order valence-corrected chi connectivity index (χ4v) is 3.89. The molecule has 3 aromatic carbocycles. The largest absolute Gasteiger partial charge is 0.335 e. The summed E-state index contributed by atoms with van der Waals surface area (Å²) in [4.78, 5) is 9.32. The van der Waals surface area contributed by atoms with Gasteiger partial charge in [-0.3, -0.25) is 0 Å². The van der Waals surface area contributed by atoms with Crippen LogP contribution in [0.4, 0.5) is 17.5 Å². The van der Waals surface area contributed by atoms with Crippen molar-refractivity contribution in [3.05, 3.63) is 108 Å². The summed E-state index contributed by atoms with van der Waals surface area (Å²) >= 11 is 0. The van der Waals surface area contributed by atoms with Gasteiger partial charge in [0, 0.05) is 25.3 Å². The van der Waals surface area contributed by atoms with Gasteiger partial charge in [0.2, 0.25) is 5.95 Å². The van der Waals surface area contributed by atoms with Crippen LogP contribution in [-0.4, -0.2) is 21.7 Å². The Bertz CT molecular complexity index is 1110. The number of benzene rings is 3. The van der Waals surface area contributed by atoms with Crippen LogP contribution in [-0.2, 0) is 19.5 Å². The van der Waals surface area contributed by atoms with Gasteiger partial charge in [-0.15, -0.1) is 5.10 Å². The first-order valence-corrected chi connectivity index (χ1v) is 10.2. The van der Waals surface area contributed by atoms with Crippen LogP contribution in [0.25, 0.3) is 0 Å². The van der Waals surface area contributed by atoms with Gasteiger partial charge in [-0.2, -0.15) is 10.1 Å². The Morgan fingerprint density at radius 1 is 0.800 bits per heavy atom. The van der Waals surface area contributed by atoms with Crippen LogP contribution in [0.1, 0.15) is 16.7 Å². The van der Waals surface area contributed by atoms with Crippen molar-refractivity contribution in [2.75, 3.05) is 16.3 Å². The zero-order valence-electron chi connectivity index (χ0n) is 16.7. The van der Waals surface area contributed by atoms with Crippen molar-refractivity contribution in [3.8, 4) is 0 Å². The van der Waals surface area contributed by atoms with Gasteiger partial charge in [-0.25, -0.2) is 0 Å². The van der Waals surface area contributed by atoms with Gasteiger partial charge in [0.15, 0.2) is 5.82 Å². The number of fused-ring (bicyclic) bond motifs is 1. The molecule has 30 heavy (non-hydrogen) atoms. The third-order valence-electron chi connectivity index (χ3n) is 5.48. The lowest BCUT2D eigenvalue weighted by Crippen LogP contribution is -2.32. The third-order valence-corrected chi connectivity index (χ3v) is 5.48. The molecule has 0 unspecified atom stereocenters. The molecule has 0 amide bonds. The molecule has 1 aromatic heterocycles. The van der Waals surface area contributed by atoms with E-state index < -0.39 is 0 Å². The third kappa shape index (κ3) is 3.87. The molecule has 5 heteroatoms. The summed E-state index contributed by atoms with van der Waals surface area (Å²) in [5, 5.41) is 8.67. The van der Waals surface area contributed by atoms with E-state index in [0.717, 1.165) is 31.0 Å². The highest BCUT2D eigenvalue weighted by atomic mass is 15.4. The molecule has 0 saturated carbocycles. The summed E-state index contributed by atoms with van der Waals surface area (Å²) in [6, 6.07) is 29.3. The molecule has 0 atom stereocenters. The molecule has 0 fully saturated rings. The minimum atomic E-state index is 0.677. The van der Waals surface area contributed by atoms with Gasteiger partial charge >= 0.3 is 0 Å². The fourth-order valence-electron chi connectivity index (χ4n) is 3.89. The molecular weight excluding hydrogens is 370 g/mol. The number of anilines is 3. The molecule has 5 rings (SSSR count). The highest BCUT2D eigenvalue weighted by molar-refractivity contribution is 5.60. The quantitative estimate of drug-likeness (QED) is 0.489. The van der Waals surface area contributed by atoms with Gasteiger partial charge in [-0.05, 0) is 35.2 Å². The van der Waals surface area contributed by atoms with Crippen molar-refractivity contribution >= 4 is 17.5 Å². The lowest BCUT2D eigenvalue weighted by Gasteiger charge is -2.29. The molecule has 0 saturated heterocycles. The van der Waals surface area contributed by atoms with E-state index in [0.29, 0.717) is 12.5 Å². The number of rotatable bonds is 5. The molecule has 1 aliphatic rings. The summed E-state index contributed by atoms with van der Waals surface area (Å²) in [6.07, 6.45) is 2.74. The van der Waals surface area contributed by atoms with Gasteiger partial charge in [-0.1, -0.05) is 72.8 Å². The number of aromatic nitrogens is 3. The van der Waals surface area contributed by atoms with Crippen molar-refractivity contribution in [1.29, 1.82) is 0 Å². The van der Waals surface area contributed by atoms with E-state index in [4.69, 9.17) is 4.98 Å². The van der Waals surface area contributed by atoms with Crippen LogP contribution in [0.3, 0.4) is 0 Å². The van der Waals surface area contributed by atoms with Gasteiger partial charge in [0.05, 0.1) is 6.20 Å². The van der Waals surface area contributed by atoms with Crippen molar-refractivity contribution < 1.29 is 0 Å². The van der Waals surface area contributed by atoms with Gasteiger partial charge in [0.1, 0.15) is 0 Å². The second kappa shape index (κ2) is 8.33. The topological polar surface area (TPSA) is 45.2 Å². The lowest BCUT2D eigenvalue weighted by molar-refractivity contribution is 0.695. The Morgan fingerprint density at radius 3 is 2.30 bits per heavy atom. The molecular formula is C25H23N5. The molecule has 5 nitrogen and oxygen atoms in total. The first kappa shape index (κ1) is 18.3. The lowest BCUT2D eigenvalue weighted by atomic mass is 10.0. The number of para-hydroxylation sites is 1. The van der Waals surface area contributed by atoms with Crippen molar-refractivity contribution in [2.24, 2.45) is 0 Å². The van der Waals surface area contributed by atoms with Crippen molar-refractivity contribution in [2.45, 2.75) is 19.5 Å². The first-order valence-electron chi connectivity index (χ1n) is 10.2. The summed E-state index contributed by atoms with van der Waals surface area (Å²) in [7, 11) is 0. The molecule has 0 N–H and O–H groups in total. The zero-order valence-corrected chi connectivity index (χ0v) is 16.7. The number of nitrogens with zero attached hydrogens (tertiary/aromatic N) is 5. The fraction of sp³-hybridized carbons (Fsp3) is 0.160. The second-order valence-electron chi connectivity index (χ2n) is 7.46. The number of hydrogen-bond donors (Lipinski definition) is 0. The Labute approximate surface area is 176 Å². The van der Waals surface area contributed by atoms with Gasteiger partial charge in [0.25, 0.3) is 0 Å². The highest BCUT2D eigenvalue weighted by Crippen LogP contribution is 2.28. The minimum absolute atomic E-state index is 0.677. The van der Waals surface area contributed by atoms with Crippen LogP contribution >= 0.6 is 0 Å². The maximum absolute atomic E-state index is 4.92. The molecule has 0 radical (unpaired) electrons. The second-order valence-corrected chi connectivity index (χ2v) is 7.46. The van der Waals surface area contributed by atoms with Crippen LogP contribution in [0.15, 0.2) is 91.1 Å². The molecule has 0 spiro atoms. The smallest absolute Gasteiger partial charge is 0.247 e. The van der Waals surface area contributed by atoms with Crippen LogP contribution in [0, 0.1) is 0 Å². The monoisotopic (exact) mass is 393 g/mol. The highest BCUT2D eigenvalue weighted by Gasteiger charge is 2.20. The molecule has 1 aliphatic heterocycles. The molecule has 2 heterocycles. The molecule has 0 bridgehead atoms. The average Bonchev–Trinajstić information content (AvgIpc) is 2.83. The maximum Gasteiger partial charge on any atom is 0.247 e. The van der Waals surface area contributed by atoms with E-state index in [1.807, 2.05) is 24.3 Å². The van der Waals surface area contributed by atoms with Crippen LogP contribution in [0.2, 0.25) is 0 Å². The predicted molar refractivity (Wildman–Crippen MR) is 120 cm³/mol. The molecule has 0 aliphatic carbocycles. The minimum Gasteiger partial charge on any atom is -0.335 e. The van der Waals surface area contributed by atoms with Crippen molar-refractivity contribution in [3.63, 3.8) is 0 Å². The predicted octanol–water partition coefficient (Wildman–Crippen LogP) is 4.77. The van der Waals surface area contributed by atoms with E-state index in [9.17, 15) is 0 Å². The Balaban J connectivity index is 1.47. The SMILES string of the molecule is c1ccc(CN(c2ccccc2)c2cnnc(N3CCc4ccccc4C3)n2)cc1. The maximum atomic E-state index is 4.92. The van der Waals surface area contributed by atoms with Crippen LogP contribution in [0.5, 0.6) is 0 Å². The van der Waals surface area contributed by atoms with Gasteiger partial charge < -0.3 is 9.80 Å². The van der Waals surface area contributed by atoms with Crippen LogP contribution < -0.4 is 9.80 Å². The molecule has 4 aromatic rings. The van der Waals surface area contributed by atoms with E-state index in [1.54, 1.807) is 6.20 Å². The standard InChI is InChI=1S/C25H23N5/c1-3-9-20(10-4-1)18-30(23-13-5-2-6-14-23)24-17-26-28-25(27-24)29-16-15-21-11-7-8-12-22(21)19-29/h1-14,17H,15-16,18-19H2. The summed E-state index contributed by atoms with van der Waals surface area (Å²) in [5.74, 6) is 1.48. The number of hydrogen-bond acceptors (Lipinski definition) is 5. The van der Waals surface area contributed by atoms with E-state index in [1.165, 1.54) is 16.7 Å².